The topological polar surface area (TPSA) is 24.5 Å². The van der Waals surface area contributed by atoms with Crippen LogP contribution in [0.1, 0.15) is 26.7 Å². The summed E-state index contributed by atoms with van der Waals surface area (Å²) in [6.45, 7) is 9.25. The molecule has 1 aliphatic heterocycles. The van der Waals surface area contributed by atoms with Crippen molar-refractivity contribution in [3.05, 3.63) is 47.4 Å². The highest BCUT2D eigenvalue weighted by molar-refractivity contribution is 5.30. The third-order valence-corrected chi connectivity index (χ3v) is 3.78. The Bertz CT molecular complexity index is 426. The van der Waals surface area contributed by atoms with E-state index in [4.69, 9.17) is 4.74 Å². The van der Waals surface area contributed by atoms with Crippen LogP contribution in [-0.4, -0.2) is 37.7 Å². The van der Waals surface area contributed by atoms with Crippen LogP contribution in [0.25, 0.3) is 0 Å². The first-order chi connectivity index (χ1) is 9.79. The van der Waals surface area contributed by atoms with E-state index in [-0.39, 0.29) is 0 Å². The third kappa shape index (κ3) is 4.57. The number of rotatable bonds is 5. The van der Waals surface area contributed by atoms with E-state index in [9.17, 15) is 0 Å². The summed E-state index contributed by atoms with van der Waals surface area (Å²) in [5.74, 6) is 0.983. The maximum absolute atomic E-state index is 5.91. The second kappa shape index (κ2) is 7.95. The first-order valence-electron chi connectivity index (χ1n) is 7.58. The van der Waals surface area contributed by atoms with Gasteiger partial charge in [0.05, 0.1) is 6.61 Å². The van der Waals surface area contributed by atoms with Crippen molar-refractivity contribution < 1.29 is 4.74 Å². The van der Waals surface area contributed by atoms with Crippen molar-refractivity contribution in [2.45, 2.75) is 26.7 Å². The van der Waals surface area contributed by atoms with Crippen LogP contribution in [0.2, 0.25) is 0 Å². The van der Waals surface area contributed by atoms with E-state index in [1.165, 1.54) is 11.3 Å². The highest BCUT2D eigenvalue weighted by atomic mass is 16.5. The average Bonchev–Trinajstić information content (AvgIpc) is 2.73. The van der Waals surface area contributed by atoms with Gasteiger partial charge in [0.25, 0.3) is 0 Å². The maximum atomic E-state index is 5.91. The molecule has 2 rings (SSSR count). The standard InChI is InChI=1S/C17H26N2O/c1-3-15(2)8-13-20-17-7-5-4-6-16(14-17)19-11-9-18-10-12-19/h3,5-7,14,18H,4,8-13H2,1-2H3/b15-3-. The number of hydrogen-bond acceptors (Lipinski definition) is 3. The molecule has 20 heavy (non-hydrogen) atoms. The van der Waals surface area contributed by atoms with Crippen molar-refractivity contribution in [3.63, 3.8) is 0 Å². The fraction of sp³-hybridized carbons (Fsp3) is 0.529. The first-order valence-corrected chi connectivity index (χ1v) is 7.58. The normalized spacial score (nSPS) is 20.3. The minimum atomic E-state index is 0.751. The lowest BCUT2D eigenvalue weighted by Gasteiger charge is -2.30. The summed E-state index contributed by atoms with van der Waals surface area (Å²) in [4.78, 5) is 2.43. The number of allylic oxidation sites excluding steroid dienone is 5. The Labute approximate surface area is 122 Å². The van der Waals surface area contributed by atoms with Gasteiger partial charge in [-0.15, -0.1) is 0 Å². The van der Waals surface area contributed by atoms with Gasteiger partial charge in [-0.1, -0.05) is 23.8 Å². The molecule has 110 valence electrons. The van der Waals surface area contributed by atoms with Gasteiger partial charge in [-0.05, 0) is 26.3 Å². The van der Waals surface area contributed by atoms with Crippen molar-refractivity contribution in [1.82, 2.24) is 10.2 Å². The van der Waals surface area contributed by atoms with Crippen molar-refractivity contribution in [1.29, 1.82) is 0 Å². The number of nitrogens with zero attached hydrogens (tertiary/aromatic N) is 1. The molecule has 1 aliphatic carbocycles. The Kier molecular flexibility index (Phi) is 5.93. The van der Waals surface area contributed by atoms with Gasteiger partial charge in [0, 0.05) is 44.4 Å². The van der Waals surface area contributed by atoms with Crippen LogP contribution in [0, 0.1) is 0 Å². The summed E-state index contributed by atoms with van der Waals surface area (Å²) >= 11 is 0. The molecule has 0 aromatic rings. The van der Waals surface area contributed by atoms with E-state index in [0.29, 0.717) is 0 Å². The lowest BCUT2D eigenvalue weighted by molar-refractivity contribution is 0.225. The number of ether oxygens (including phenoxy) is 1. The van der Waals surface area contributed by atoms with Crippen molar-refractivity contribution in [2.75, 3.05) is 32.8 Å². The molecule has 0 atom stereocenters. The molecule has 0 amide bonds. The van der Waals surface area contributed by atoms with Crippen LogP contribution < -0.4 is 5.32 Å². The summed E-state index contributed by atoms with van der Waals surface area (Å²) in [5, 5.41) is 3.39. The van der Waals surface area contributed by atoms with Crippen LogP contribution in [0.15, 0.2) is 47.4 Å². The quantitative estimate of drug-likeness (QED) is 0.780. The Morgan fingerprint density at radius 3 is 2.95 bits per heavy atom. The molecule has 0 spiro atoms. The van der Waals surface area contributed by atoms with Crippen LogP contribution in [-0.2, 0) is 4.74 Å². The molecule has 1 N–H and O–H groups in total. The first kappa shape index (κ1) is 14.9. The lowest BCUT2D eigenvalue weighted by Crippen LogP contribution is -2.42. The molecule has 0 unspecified atom stereocenters. The SMILES string of the molecule is C/C=C(/C)CCOC1=CC(N2CCNCC2)=CCC=C1. The van der Waals surface area contributed by atoms with Gasteiger partial charge >= 0.3 is 0 Å². The number of hydrogen-bond donors (Lipinski definition) is 1. The van der Waals surface area contributed by atoms with Gasteiger partial charge in [-0.25, -0.2) is 0 Å². The highest BCUT2D eigenvalue weighted by Gasteiger charge is 2.12. The Balaban J connectivity index is 1.93. The van der Waals surface area contributed by atoms with E-state index >= 15 is 0 Å². The van der Waals surface area contributed by atoms with Gasteiger partial charge in [-0.3, -0.25) is 0 Å². The molecular formula is C17H26N2O. The van der Waals surface area contributed by atoms with E-state index in [0.717, 1.165) is 51.4 Å². The minimum absolute atomic E-state index is 0.751. The molecule has 1 fully saturated rings. The zero-order valence-corrected chi connectivity index (χ0v) is 12.7. The average molecular weight is 274 g/mol. The summed E-state index contributed by atoms with van der Waals surface area (Å²) < 4.78 is 5.91. The fourth-order valence-corrected chi connectivity index (χ4v) is 2.33. The zero-order valence-electron chi connectivity index (χ0n) is 12.7. The number of nitrogens with one attached hydrogen (secondary N) is 1. The van der Waals surface area contributed by atoms with Gasteiger partial charge in [0.2, 0.25) is 0 Å². The molecule has 3 heteroatoms. The number of piperazine rings is 1. The highest BCUT2D eigenvalue weighted by Crippen LogP contribution is 2.17. The van der Waals surface area contributed by atoms with Crippen molar-refractivity contribution in [2.24, 2.45) is 0 Å². The predicted molar refractivity (Wildman–Crippen MR) is 84.4 cm³/mol. The molecule has 1 saturated heterocycles. The van der Waals surface area contributed by atoms with Crippen LogP contribution in [0.4, 0.5) is 0 Å². The summed E-state index contributed by atoms with van der Waals surface area (Å²) in [7, 11) is 0. The second-order valence-electron chi connectivity index (χ2n) is 5.28. The minimum Gasteiger partial charge on any atom is -0.493 e. The second-order valence-corrected chi connectivity index (χ2v) is 5.28. The molecule has 0 aromatic heterocycles. The summed E-state index contributed by atoms with van der Waals surface area (Å²) in [6.07, 6.45) is 12.9. The van der Waals surface area contributed by atoms with Gasteiger partial charge in [0.15, 0.2) is 0 Å². The van der Waals surface area contributed by atoms with Crippen LogP contribution in [0.3, 0.4) is 0 Å². The van der Waals surface area contributed by atoms with E-state index in [2.05, 4.69) is 54.4 Å². The Morgan fingerprint density at radius 1 is 1.40 bits per heavy atom. The van der Waals surface area contributed by atoms with Crippen molar-refractivity contribution >= 4 is 0 Å². The molecular weight excluding hydrogens is 248 g/mol. The Hall–Kier alpha value is -1.48. The van der Waals surface area contributed by atoms with Gasteiger partial charge in [-0.2, -0.15) is 0 Å². The van der Waals surface area contributed by atoms with Crippen molar-refractivity contribution in [3.8, 4) is 0 Å². The third-order valence-electron chi connectivity index (χ3n) is 3.78. The van der Waals surface area contributed by atoms with Gasteiger partial charge in [0.1, 0.15) is 5.76 Å². The molecule has 0 bridgehead atoms. The Morgan fingerprint density at radius 2 is 2.20 bits per heavy atom. The molecule has 3 nitrogen and oxygen atoms in total. The lowest BCUT2D eigenvalue weighted by atomic mass is 10.2. The summed E-state index contributed by atoms with van der Waals surface area (Å²) in [6, 6.07) is 0. The summed E-state index contributed by atoms with van der Waals surface area (Å²) in [5.41, 5.74) is 2.68. The molecule has 0 saturated carbocycles. The van der Waals surface area contributed by atoms with E-state index < -0.39 is 0 Å². The smallest absolute Gasteiger partial charge is 0.121 e. The molecule has 2 aliphatic rings. The fourth-order valence-electron chi connectivity index (χ4n) is 2.33. The molecule has 1 heterocycles. The van der Waals surface area contributed by atoms with Crippen LogP contribution >= 0.6 is 0 Å². The van der Waals surface area contributed by atoms with E-state index in [1.807, 2.05) is 0 Å². The predicted octanol–water partition coefficient (Wildman–Crippen LogP) is 2.99. The zero-order chi connectivity index (χ0) is 14.2. The molecule has 0 radical (unpaired) electrons. The maximum Gasteiger partial charge on any atom is 0.121 e. The largest absolute Gasteiger partial charge is 0.493 e. The monoisotopic (exact) mass is 274 g/mol. The van der Waals surface area contributed by atoms with Gasteiger partial charge < -0.3 is 15.0 Å². The van der Waals surface area contributed by atoms with E-state index in [1.54, 1.807) is 0 Å². The molecule has 0 aromatic carbocycles. The van der Waals surface area contributed by atoms with Crippen LogP contribution in [0.5, 0.6) is 0 Å².